The summed E-state index contributed by atoms with van der Waals surface area (Å²) < 4.78 is 11.2. The van der Waals surface area contributed by atoms with E-state index >= 15 is 0 Å². The normalized spacial score (nSPS) is 11.4. The summed E-state index contributed by atoms with van der Waals surface area (Å²) in [6.07, 6.45) is 5.82. The van der Waals surface area contributed by atoms with Crippen LogP contribution in [0, 0.1) is 0 Å². The van der Waals surface area contributed by atoms with Crippen LogP contribution < -0.4 is 4.74 Å². The van der Waals surface area contributed by atoms with Crippen LogP contribution in [-0.2, 0) is 4.74 Å². The van der Waals surface area contributed by atoms with Crippen molar-refractivity contribution in [1.29, 1.82) is 0 Å². The molecule has 0 aliphatic carbocycles. The van der Waals surface area contributed by atoms with E-state index in [1.165, 1.54) is 0 Å². The number of pyridine rings is 1. The highest BCUT2D eigenvalue weighted by molar-refractivity contribution is 5.93. The third-order valence-electron chi connectivity index (χ3n) is 3.70. The zero-order valence-corrected chi connectivity index (χ0v) is 16.5. The maximum atomic E-state index is 12.7. The molecule has 1 amide bonds. The predicted molar refractivity (Wildman–Crippen MR) is 101 cm³/mol. The van der Waals surface area contributed by atoms with Gasteiger partial charge >= 0.3 is 0 Å². The van der Waals surface area contributed by atoms with E-state index in [-0.39, 0.29) is 11.5 Å². The van der Waals surface area contributed by atoms with Crippen molar-refractivity contribution in [2.45, 2.75) is 65.9 Å². The van der Waals surface area contributed by atoms with Gasteiger partial charge in [-0.25, -0.2) is 4.98 Å². The molecule has 0 saturated heterocycles. The lowest BCUT2D eigenvalue weighted by Gasteiger charge is -2.22. The molecule has 1 rings (SSSR count). The number of carbonyl (C=O) groups is 1. The summed E-state index contributed by atoms with van der Waals surface area (Å²) in [4.78, 5) is 18.8. The molecule has 1 aromatic heterocycles. The second kappa shape index (κ2) is 11.1. The van der Waals surface area contributed by atoms with Gasteiger partial charge in [0.25, 0.3) is 5.91 Å². The number of aromatic nitrogens is 1. The second-order valence-corrected chi connectivity index (χ2v) is 7.19. The van der Waals surface area contributed by atoms with Gasteiger partial charge in [-0.15, -0.1) is 0 Å². The molecule has 142 valence electrons. The largest absolute Gasteiger partial charge is 0.475 e. The smallest absolute Gasteiger partial charge is 0.255 e. The predicted octanol–water partition coefficient (Wildman–Crippen LogP) is 4.32. The third kappa shape index (κ3) is 8.87. The first kappa shape index (κ1) is 21.4. The lowest BCUT2D eigenvalue weighted by Crippen LogP contribution is -2.33. The Morgan fingerprint density at radius 1 is 1.08 bits per heavy atom. The molecule has 0 atom stereocenters. The Balaban J connectivity index is 2.55. The molecule has 0 saturated carbocycles. The standard InChI is InChI=1S/C20H34N2O3/c1-6-8-12-22(13-9-7-2)19(23)17-10-11-18(21-16-17)24-14-15-25-20(3,4)5/h10-11,16H,6-9,12-15H2,1-5H3. The number of carbonyl (C=O) groups excluding carboxylic acids is 1. The van der Waals surface area contributed by atoms with Crippen molar-refractivity contribution in [2.75, 3.05) is 26.3 Å². The minimum atomic E-state index is -0.173. The van der Waals surface area contributed by atoms with E-state index in [0.717, 1.165) is 38.8 Å². The van der Waals surface area contributed by atoms with Crippen LogP contribution in [0.25, 0.3) is 0 Å². The van der Waals surface area contributed by atoms with Crippen molar-refractivity contribution >= 4 is 5.91 Å². The molecule has 1 heterocycles. The third-order valence-corrected chi connectivity index (χ3v) is 3.70. The average molecular weight is 351 g/mol. The van der Waals surface area contributed by atoms with Gasteiger partial charge in [0.1, 0.15) is 6.61 Å². The molecule has 0 unspecified atom stereocenters. The van der Waals surface area contributed by atoms with Crippen molar-refractivity contribution < 1.29 is 14.3 Å². The molecular weight excluding hydrogens is 316 g/mol. The summed E-state index contributed by atoms with van der Waals surface area (Å²) in [7, 11) is 0. The van der Waals surface area contributed by atoms with Crippen LogP contribution in [0.1, 0.15) is 70.7 Å². The van der Waals surface area contributed by atoms with Crippen molar-refractivity contribution in [3.8, 4) is 5.88 Å². The van der Waals surface area contributed by atoms with Crippen LogP contribution in [0.15, 0.2) is 18.3 Å². The van der Waals surface area contributed by atoms with Crippen molar-refractivity contribution in [3.05, 3.63) is 23.9 Å². The monoisotopic (exact) mass is 350 g/mol. The zero-order chi connectivity index (χ0) is 18.7. The van der Waals surface area contributed by atoms with Gasteiger partial charge in [0.2, 0.25) is 5.88 Å². The minimum Gasteiger partial charge on any atom is -0.475 e. The minimum absolute atomic E-state index is 0.0528. The van der Waals surface area contributed by atoms with Crippen molar-refractivity contribution in [1.82, 2.24) is 9.88 Å². The van der Waals surface area contributed by atoms with Crippen molar-refractivity contribution in [2.24, 2.45) is 0 Å². The fourth-order valence-corrected chi connectivity index (χ4v) is 2.28. The first-order chi connectivity index (χ1) is 11.9. The Hall–Kier alpha value is -1.62. The van der Waals surface area contributed by atoms with Gasteiger partial charge < -0.3 is 14.4 Å². The van der Waals surface area contributed by atoms with Gasteiger partial charge in [0.15, 0.2) is 0 Å². The molecule has 5 nitrogen and oxygen atoms in total. The van der Waals surface area contributed by atoms with Gasteiger partial charge in [-0.1, -0.05) is 26.7 Å². The highest BCUT2D eigenvalue weighted by atomic mass is 16.5. The molecule has 0 N–H and O–H groups in total. The number of nitrogens with zero attached hydrogens (tertiary/aromatic N) is 2. The first-order valence-electron chi connectivity index (χ1n) is 9.39. The maximum Gasteiger partial charge on any atom is 0.255 e. The summed E-state index contributed by atoms with van der Waals surface area (Å²) in [5.74, 6) is 0.569. The van der Waals surface area contributed by atoms with Crippen LogP contribution in [0.3, 0.4) is 0 Å². The zero-order valence-electron chi connectivity index (χ0n) is 16.5. The molecule has 0 radical (unpaired) electrons. The fraction of sp³-hybridized carbons (Fsp3) is 0.700. The van der Waals surface area contributed by atoms with E-state index in [4.69, 9.17) is 9.47 Å². The molecule has 25 heavy (non-hydrogen) atoms. The fourth-order valence-electron chi connectivity index (χ4n) is 2.28. The van der Waals surface area contributed by atoms with Gasteiger partial charge in [-0.2, -0.15) is 0 Å². The molecule has 0 bridgehead atoms. The van der Waals surface area contributed by atoms with Gasteiger partial charge in [-0.3, -0.25) is 4.79 Å². The SMILES string of the molecule is CCCCN(CCCC)C(=O)c1ccc(OCCOC(C)(C)C)nc1. The summed E-state index contributed by atoms with van der Waals surface area (Å²) in [6.45, 7) is 12.9. The molecule has 0 aliphatic heterocycles. The molecule has 0 spiro atoms. The Morgan fingerprint density at radius 2 is 1.72 bits per heavy atom. The number of amides is 1. The van der Waals surface area contributed by atoms with E-state index in [1.54, 1.807) is 18.3 Å². The Labute approximate surface area is 152 Å². The van der Waals surface area contributed by atoms with E-state index < -0.39 is 0 Å². The van der Waals surface area contributed by atoms with Gasteiger partial charge in [-0.05, 0) is 39.7 Å². The Bertz CT molecular complexity index is 487. The molecule has 0 fully saturated rings. The maximum absolute atomic E-state index is 12.7. The van der Waals surface area contributed by atoms with E-state index in [1.807, 2.05) is 25.7 Å². The molecule has 0 aliphatic rings. The van der Waals surface area contributed by atoms with Crippen LogP contribution >= 0.6 is 0 Å². The van der Waals surface area contributed by atoms with Crippen LogP contribution in [0.2, 0.25) is 0 Å². The van der Waals surface area contributed by atoms with Crippen LogP contribution in [-0.4, -0.2) is 47.7 Å². The summed E-state index contributed by atoms with van der Waals surface area (Å²) in [6, 6.07) is 3.54. The molecule has 1 aromatic rings. The first-order valence-corrected chi connectivity index (χ1v) is 9.39. The van der Waals surface area contributed by atoms with Crippen molar-refractivity contribution in [3.63, 3.8) is 0 Å². The lowest BCUT2D eigenvalue weighted by atomic mass is 10.2. The number of rotatable bonds is 11. The summed E-state index contributed by atoms with van der Waals surface area (Å²) in [5.41, 5.74) is 0.443. The quantitative estimate of drug-likeness (QED) is 0.558. The van der Waals surface area contributed by atoms with Gasteiger partial charge in [0.05, 0.1) is 17.8 Å². The molecule has 0 aromatic carbocycles. The van der Waals surface area contributed by atoms with E-state index in [0.29, 0.717) is 24.7 Å². The van der Waals surface area contributed by atoms with Crippen LogP contribution in [0.4, 0.5) is 0 Å². The Morgan fingerprint density at radius 3 is 2.20 bits per heavy atom. The highest BCUT2D eigenvalue weighted by Crippen LogP contribution is 2.12. The van der Waals surface area contributed by atoms with E-state index in [9.17, 15) is 4.79 Å². The number of hydrogen-bond donors (Lipinski definition) is 0. The molecule has 5 heteroatoms. The topological polar surface area (TPSA) is 51.7 Å². The number of ether oxygens (including phenoxy) is 2. The average Bonchev–Trinajstić information content (AvgIpc) is 2.58. The number of unbranched alkanes of at least 4 members (excludes halogenated alkanes) is 2. The summed E-state index contributed by atoms with van der Waals surface area (Å²) >= 11 is 0. The summed E-state index contributed by atoms with van der Waals surface area (Å²) in [5, 5.41) is 0. The second-order valence-electron chi connectivity index (χ2n) is 7.19. The highest BCUT2D eigenvalue weighted by Gasteiger charge is 2.15. The lowest BCUT2D eigenvalue weighted by molar-refractivity contribution is -0.0168. The van der Waals surface area contributed by atoms with E-state index in [2.05, 4.69) is 18.8 Å². The number of hydrogen-bond acceptors (Lipinski definition) is 4. The Kier molecular flexibility index (Phi) is 9.50. The van der Waals surface area contributed by atoms with Gasteiger partial charge in [0, 0.05) is 25.4 Å². The molecular formula is C20H34N2O3. The van der Waals surface area contributed by atoms with Crippen LogP contribution in [0.5, 0.6) is 5.88 Å².